The predicted molar refractivity (Wildman–Crippen MR) is 116 cm³/mol. The minimum absolute atomic E-state index is 0.0214. The summed E-state index contributed by atoms with van der Waals surface area (Å²) in [4.78, 5) is 12.6. The second kappa shape index (κ2) is 8.95. The van der Waals surface area contributed by atoms with E-state index in [0.717, 1.165) is 5.56 Å². The van der Waals surface area contributed by atoms with E-state index in [4.69, 9.17) is 11.6 Å². The maximum absolute atomic E-state index is 13.7. The zero-order chi connectivity index (χ0) is 21.9. The molecule has 0 aliphatic carbocycles. The number of sulfonamides is 1. The van der Waals surface area contributed by atoms with Crippen molar-refractivity contribution in [3.63, 3.8) is 0 Å². The van der Waals surface area contributed by atoms with Crippen molar-refractivity contribution in [1.29, 1.82) is 0 Å². The molecule has 1 amide bonds. The Hall–Kier alpha value is -2.74. The molecule has 3 aromatic carbocycles. The highest BCUT2D eigenvalue weighted by Crippen LogP contribution is 2.25. The van der Waals surface area contributed by atoms with Crippen LogP contribution < -0.4 is 5.32 Å². The molecule has 0 aliphatic heterocycles. The molecule has 8 heteroatoms. The Balaban J connectivity index is 1.86. The summed E-state index contributed by atoms with van der Waals surface area (Å²) < 4.78 is 40.9. The van der Waals surface area contributed by atoms with E-state index in [1.165, 1.54) is 41.7 Å². The van der Waals surface area contributed by atoms with Gasteiger partial charge in [-0.25, -0.2) is 12.8 Å². The van der Waals surface area contributed by atoms with Crippen molar-refractivity contribution in [2.45, 2.75) is 18.4 Å². The van der Waals surface area contributed by atoms with Crippen molar-refractivity contribution in [1.82, 2.24) is 4.31 Å². The Labute approximate surface area is 180 Å². The van der Waals surface area contributed by atoms with Crippen LogP contribution in [0.15, 0.2) is 71.6 Å². The largest absolute Gasteiger partial charge is 0.322 e. The molecule has 5 nitrogen and oxygen atoms in total. The van der Waals surface area contributed by atoms with E-state index in [0.29, 0.717) is 5.56 Å². The summed E-state index contributed by atoms with van der Waals surface area (Å²) in [6, 6.07) is 17.4. The van der Waals surface area contributed by atoms with Crippen LogP contribution in [-0.2, 0) is 16.6 Å². The molecule has 0 unspecified atom stereocenters. The van der Waals surface area contributed by atoms with Gasteiger partial charge in [-0.05, 0) is 48.4 Å². The van der Waals surface area contributed by atoms with Crippen LogP contribution in [0.25, 0.3) is 0 Å². The van der Waals surface area contributed by atoms with Crippen molar-refractivity contribution >= 4 is 33.2 Å². The summed E-state index contributed by atoms with van der Waals surface area (Å²) in [6.07, 6.45) is 0. The maximum Gasteiger partial charge on any atom is 0.257 e. The Morgan fingerprint density at radius 3 is 2.43 bits per heavy atom. The smallest absolute Gasteiger partial charge is 0.257 e. The van der Waals surface area contributed by atoms with Crippen molar-refractivity contribution in [3.8, 4) is 0 Å². The fourth-order valence-corrected chi connectivity index (χ4v) is 4.20. The number of rotatable bonds is 6. The Bertz CT molecular complexity index is 1180. The Morgan fingerprint density at radius 1 is 1.07 bits per heavy atom. The Morgan fingerprint density at radius 2 is 1.77 bits per heavy atom. The monoisotopic (exact) mass is 446 g/mol. The average molecular weight is 447 g/mol. The van der Waals surface area contributed by atoms with Gasteiger partial charge in [-0.2, -0.15) is 4.31 Å². The highest BCUT2D eigenvalue weighted by molar-refractivity contribution is 7.89. The minimum Gasteiger partial charge on any atom is -0.322 e. The summed E-state index contributed by atoms with van der Waals surface area (Å²) in [5, 5.41) is 2.63. The van der Waals surface area contributed by atoms with Crippen LogP contribution in [0.2, 0.25) is 5.02 Å². The third-order valence-electron chi connectivity index (χ3n) is 4.57. The SMILES string of the molecule is Cc1ccc(NC(=O)c2cc(S(=O)(=O)N(C)Cc3ccccc3)ccc2Cl)cc1F. The molecular formula is C22H20ClFN2O3S. The summed E-state index contributed by atoms with van der Waals surface area (Å²) >= 11 is 6.13. The van der Waals surface area contributed by atoms with Gasteiger partial charge >= 0.3 is 0 Å². The third kappa shape index (κ3) is 4.87. The lowest BCUT2D eigenvalue weighted by molar-refractivity contribution is 0.102. The molecule has 30 heavy (non-hydrogen) atoms. The number of benzene rings is 3. The van der Waals surface area contributed by atoms with Crippen LogP contribution in [-0.4, -0.2) is 25.7 Å². The van der Waals surface area contributed by atoms with Crippen molar-refractivity contribution in [3.05, 3.63) is 94.3 Å². The zero-order valence-electron chi connectivity index (χ0n) is 16.4. The van der Waals surface area contributed by atoms with Crippen LogP contribution in [0.5, 0.6) is 0 Å². The molecule has 156 valence electrons. The molecule has 0 aromatic heterocycles. The number of nitrogens with zero attached hydrogens (tertiary/aromatic N) is 1. The maximum atomic E-state index is 13.7. The Kier molecular flexibility index (Phi) is 6.55. The number of halogens is 2. The van der Waals surface area contributed by atoms with E-state index in [1.807, 2.05) is 30.3 Å². The van der Waals surface area contributed by atoms with E-state index >= 15 is 0 Å². The second-order valence-corrected chi connectivity index (χ2v) is 9.26. The molecule has 1 N–H and O–H groups in total. The normalized spacial score (nSPS) is 11.5. The van der Waals surface area contributed by atoms with E-state index < -0.39 is 21.7 Å². The molecule has 0 bridgehead atoms. The molecule has 0 radical (unpaired) electrons. The zero-order valence-corrected chi connectivity index (χ0v) is 18.0. The molecule has 0 saturated heterocycles. The minimum atomic E-state index is -3.86. The molecule has 3 rings (SSSR count). The topological polar surface area (TPSA) is 66.5 Å². The lowest BCUT2D eigenvalue weighted by Crippen LogP contribution is -2.27. The number of hydrogen-bond donors (Lipinski definition) is 1. The van der Waals surface area contributed by atoms with Gasteiger partial charge in [0.15, 0.2) is 0 Å². The quantitative estimate of drug-likeness (QED) is 0.588. The molecule has 0 heterocycles. The van der Waals surface area contributed by atoms with Gasteiger partial charge in [0.2, 0.25) is 10.0 Å². The average Bonchev–Trinajstić information content (AvgIpc) is 2.71. The highest BCUT2D eigenvalue weighted by Gasteiger charge is 2.23. The molecule has 0 atom stereocenters. The first-order chi connectivity index (χ1) is 14.2. The summed E-state index contributed by atoms with van der Waals surface area (Å²) in [5.41, 5.74) is 1.50. The lowest BCUT2D eigenvalue weighted by Gasteiger charge is -2.18. The molecule has 3 aromatic rings. The lowest BCUT2D eigenvalue weighted by atomic mass is 10.2. The number of aryl methyl sites for hydroxylation is 1. The van der Waals surface area contributed by atoms with Crippen LogP contribution >= 0.6 is 11.6 Å². The van der Waals surface area contributed by atoms with Crippen LogP contribution in [0.1, 0.15) is 21.5 Å². The number of anilines is 1. The molecule has 0 spiro atoms. The first-order valence-corrected chi connectivity index (χ1v) is 10.9. The molecular weight excluding hydrogens is 427 g/mol. The molecule has 0 fully saturated rings. The van der Waals surface area contributed by atoms with Gasteiger partial charge in [0, 0.05) is 19.3 Å². The van der Waals surface area contributed by atoms with Crippen LogP contribution in [0.3, 0.4) is 0 Å². The molecule has 0 aliphatic rings. The van der Waals surface area contributed by atoms with Crippen molar-refractivity contribution < 1.29 is 17.6 Å². The van der Waals surface area contributed by atoms with Gasteiger partial charge in [0.1, 0.15) is 5.82 Å². The van der Waals surface area contributed by atoms with Crippen LogP contribution in [0.4, 0.5) is 10.1 Å². The number of carbonyl (C=O) groups is 1. The van der Waals surface area contributed by atoms with Gasteiger partial charge in [-0.3, -0.25) is 4.79 Å². The number of amides is 1. The van der Waals surface area contributed by atoms with E-state index in [-0.39, 0.29) is 27.7 Å². The number of nitrogens with one attached hydrogen (secondary N) is 1. The molecule has 0 saturated carbocycles. The predicted octanol–water partition coefficient (Wildman–Crippen LogP) is 4.86. The highest BCUT2D eigenvalue weighted by atomic mass is 35.5. The summed E-state index contributed by atoms with van der Waals surface area (Å²) in [5.74, 6) is -1.09. The second-order valence-electron chi connectivity index (χ2n) is 6.81. The van der Waals surface area contributed by atoms with E-state index in [9.17, 15) is 17.6 Å². The van der Waals surface area contributed by atoms with Gasteiger partial charge in [-0.15, -0.1) is 0 Å². The standard InChI is InChI=1S/C22H20ClFN2O3S/c1-15-8-9-17(12-21(15)24)25-22(27)19-13-18(10-11-20(19)23)30(28,29)26(2)14-16-6-4-3-5-7-16/h3-13H,14H2,1-2H3,(H,25,27). The van der Waals surface area contributed by atoms with Gasteiger partial charge < -0.3 is 5.32 Å². The van der Waals surface area contributed by atoms with E-state index in [1.54, 1.807) is 13.0 Å². The number of hydrogen-bond acceptors (Lipinski definition) is 3. The van der Waals surface area contributed by atoms with Gasteiger partial charge in [-0.1, -0.05) is 48.0 Å². The number of carbonyl (C=O) groups excluding carboxylic acids is 1. The first kappa shape index (κ1) is 22.0. The van der Waals surface area contributed by atoms with E-state index in [2.05, 4.69) is 5.32 Å². The first-order valence-electron chi connectivity index (χ1n) is 9.06. The fraction of sp³-hybridized carbons (Fsp3) is 0.136. The summed E-state index contributed by atoms with van der Waals surface area (Å²) in [7, 11) is -2.40. The van der Waals surface area contributed by atoms with Crippen molar-refractivity contribution in [2.75, 3.05) is 12.4 Å². The van der Waals surface area contributed by atoms with Gasteiger partial charge in [0.25, 0.3) is 5.91 Å². The fourth-order valence-electron chi connectivity index (χ4n) is 2.81. The van der Waals surface area contributed by atoms with Gasteiger partial charge in [0.05, 0.1) is 15.5 Å². The van der Waals surface area contributed by atoms with Crippen molar-refractivity contribution in [2.24, 2.45) is 0 Å². The van der Waals surface area contributed by atoms with Crippen LogP contribution in [0, 0.1) is 12.7 Å². The summed E-state index contributed by atoms with van der Waals surface area (Å²) in [6.45, 7) is 1.79. The third-order valence-corrected chi connectivity index (χ3v) is 6.70.